The van der Waals surface area contributed by atoms with Crippen LogP contribution in [0.2, 0.25) is 0 Å². The summed E-state index contributed by atoms with van der Waals surface area (Å²) in [6.07, 6.45) is 1.30. The number of hydrogen-bond donors (Lipinski definition) is 1. The zero-order valence-electron chi connectivity index (χ0n) is 7.12. The van der Waals surface area contributed by atoms with Gasteiger partial charge in [-0.1, -0.05) is 18.2 Å². The van der Waals surface area contributed by atoms with Gasteiger partial charge in [-0.25, -0.2) is 9.18 Å². The van der Waals surface area contributed by atoms with Crippen LogP contribution in [0, 0.1) is 5.82 Å². The average Bonchev–Trinajstić information content (AvgIpc) is 2.08. The molecule has 0 bridgehead atoms. The summed E-state index contributed by atoms with van der Waals surface area (Å²) in [7, 11) is 0. The van der Waals surface area contributed by atoms with E-state index in [2.05, 4.69) is 0 Å². The lowest BCUT2D eigenvalue weighted by Crippen LogP contribution is -1.95. The molecule has 0 aliphatic heterocycles. The molecule has 0 unspecified atom stereocenters. The highest BCUT2D eigenvalue weighted by atomic mass is 19.1. The largest absolute Gasteiger partial charge is 0.478 e. The fourth-order valence-electron chi connectivity index (χ4n) is 0.887. The van der Waals surface area contributed by atoms with Crippen LogP contribution >= 0.6 is 0 Å². The van der Waals surface area contributed by atoms with E-state index in [1.54, 1.807) is 12.1 Å². The summed E-state index contributed by atoms with van der Waals surface area (Å²) in [5.74, 6) is -1.45. The van der Waals surface area contributed by atoms with Gasteiger partial charge in [-0.2, -0.15) is 0 Å². The first-order chi connectivity index (χ1) is 6.11. The minimum Gasteiger partial charge on any atom is -0.478 e. The van der Waals surface area contributed by atoms with Crippen LogP contribution in [-0.4, -0.2) is 11.1 Å². The van der Waals surface area contributed by atoms with E-state index in [4.69, 9.17) is 5.11 Å². The average molecular weight is 180 g/mol. The predicted octanol–water partition coefficient (Wildman–Crippen LogP) is 2.31. The van der Waals surface area contributed by atoms with Crippen molar-refractivity contribution in [3.05, 3.63) is 41.2 Å². The molecule has 13 heavy (non-hydrogen) atoms. The Balaban J connectivity index is 3.04. The highest BCUT2D eigenvalue weighted by molar-refractivity contribution is 5.91. The van der Waals surface area contributed by atoms with Gasteiger partial charge < -0.3 is 5.11 Å². The third-order valence-corrected chi connectivity index (χ3v) is 1.61. The molecule has 2 nitrogen and oxygen atoms in total. The van der Waals surface area contributed by atoms with Gasteiger partial charge >= 0.3 is 5.97 Å². The summed E-state index contributed by atoms with van der Waals surface area (Å²) in [6, 6.07) is 6.04. The molecule has 0 atom stereocenters. The number of carboxylic acid groups (broad SMARTS) is 1. The number of carboxylic acids is 1. The van der Waals surface area contributed by atoms with Gasteiger partial charge in [0, 0.05) is 11.1 Å². The molecule has 0 aliphatic carbocycles. The normalized spacial score (nSPS) is 11.4. The molecule has 68 valence electrons. The maximum atomic E-state index is 13.0. The van der Waals surface area contributed by atoms with Gasteiger partial charge in [0.05, 0.1) is 0 Å². The lowest BCUT2D eigenvalue weighted by atomic mass is 10.1. The maximum absolute atomic E-state index is 13.0. The number of carbonyl (C=O) groups is 1. The number of rotatable bonds is 2. The monoisotopic (exact) mass is 180 g/mol. The van der Waals surface area contributed by atoms with Crippen molar-refractivity contribution >= 4 is 12.0 Å². The molecule has 0 saturated carbocycles. The molecule has 0 spiro atoms. The highest BCUT2D eigenvalue weighted by Crippen LogP contribution is 2.10. The molecule has 0 aliphatic rings. The van der Waals surface area contributed by atoms with Crippen LogP contribution in [0.4, 0.5) is 4.39 Å². The summed E-state index contributed by atoms with van der Waals surface area (Å²) in [6.45, 7) is 1.43. The molecular formula is C10H9FO2. The van der Waals surface area contributed by atoms with Crippen LogP contribution in [0.3, 0.4) is 0 Å². The second-order valence-electron chi connectivity index (χ2n) is 2.65. The van der Waals surface area contributed by atoms with E-state index in [1.165, 1.54) is 25.1 Å². The van der Waals surface area contributed by atoms with Crippen molar-refractivity contribution < 1.29 is 14.3 Å². The summed E-state index contributed by atoms with van der Waals surface area (Å²) < 4.78 is 13.0. The Morgan fingerprint density at radius 2 is 2.08 bits per heavy atom. The van der Waals surface area contributed by atoms with Gasteiger partial charge in [-0.05, 0) is 19.1 Å². The van der Waals surface area contributed by atoms with Gasteiger partial charge in [-0.3, -0.25) is 0 Å². The van der Waals surface area contributed by atoms with Crippen molar-refractivity contribution in [2.75, 3.05) is 0 Å². The quantitative estimate of drug-likeness (QED) is 0.709. The Morgan fingerprint density at radius 3 is 2.62 bits per heavy atom. The van der Waals surface area contributed by atoms with Crippen LogP contribution in [0.5, 0.6) is 0 Å². The van der Waals surface area contributed by atoms with E-state index in [9.17, 15) is 9.18 Å². The predicted molar refractivity (Wildman–Crippen MR) is 47.7 cm³/mol. The summed E-state index contributed by atoms with van der Waals surface area (Å²) in [4.78, 5) is 10.4. The molecule has 1 aromatic rings. The van der Waals surface area contributed by atoms with E-state index in [0.29, 0.717) is 5.56 Å². The van der Waals surface area contributed by atoms with E-state index in [-0.39, 0.29) is 5.57 Å². The number of benzene rings is 1. The first-order valence-electron chi connectivity index (χ1n) is 3.77. The summed E-state index contributed by atoms with van der Waals surface area (Å²) in [5, 5.41) is 8.54. The Kier molecular flexibility index (Phi) is 2.80. The van der Waals surface area contributed by atoms with Gasteiger partial charge in [0.25, 0.3) is 0 Å². The van der Waals surface area contributed by atoms with Crippen molar-refractivity contribution in [2.24, 2.45) is 0 Å². The van der Waals surface area contributed by atoms with Crippen molar-refractivity contribution in [1.82, 2.24) is 0 Å². The molecule has 0 saturated heterocycles. The molecular weight excluding hydrogens is 171 g/mol. The second-order valence-corrected chi connectivity index (χ2v) is 2.65. The third kappa shape index (κ3) is 2.40. The number of halogens is 1. The fourth-order valence-corrected chi connectivity index (χ4v) is 0.887. The van der Waals surface area contributed by atoms with Crippen LogP contribution in [0.15, 0.2) is 29.8 Å². The molecule has 0 radical (unpaired) electrons. The standard InChI is InChI=1S/C10H9FO2/c1-7(10(12)13)6-8-4-2-3-5-9(8)11/h2-6H,1H3,(H,12,13). The topological polar surface area (TPSA) is 37.3 Å². The first-order valence-corrected chi connectivity index (χ1v) is 3.77. The molecule has 0 aromatic heterocycles. The Morgan fingerprint density at radius 1 is 1.46 bits per heavy atom. The smallest absolute Gasteiger partial charge is 0.331 e. The lowest BCUT2D eigenvalue weighted by molar-refractivity contribution is -0.132. The van der Waals surface area contributed by atoms with Gasteiger partial charge in [0.1, 0.15) is 5.82 Å². The minimum atomic E-state index is -1.04. The van der Waals surface area contributed by atoms with Gasteiger partial charge in [-0.15, -0.1) is 0 Å². The molecule has 1 rings (SSSR count). The van der Waals surface area contributed by atoms with Gasteiger partial charge in [0.2, 0.25) is 0 Å². The summed E-state index contributed by atoms with van der Waals surface area (Å²) in [5.41, 5.74) is 0.410. The Bertz CT molecular complexity index is 356. The highest BCUT2D eigenvalue weighted by Gasteiger charge is 2.02. The fraction of sp³-hybridized carbons (Fsp3) is 0.100. The second kappa shape index (κ2) is 3.85. The number of aliphatic carboxylic acids is 1. The Hall–Kier alpha value is -1.64. The van der Waals surface area contributed by atoms with Crippen molar-refractivity contribution in [2.45, 2.75) is 6.92 Å². The Labute approximate surface area is 75.3 Å². The van der Waals surface area contributed by atoms with Crippen LogP contribution in [0.25, 0.3) is 6.08 Å². The van der Waals surface area contributed by atoms with E-state index in [0.717, 1.165) is 0 Å². The van der Waals surface area contributed by atoms with E-state index >= 15 is 0 Å². The van der Waals surface area contributed by atoms with Crippen molar-refractivity contribution in [3.8, 4) is 0 Å². The first kappa shape index (κ1) is 9.45. The zero-order chi connectivity index (χ0) is 9.84. The third-order valence-electron chi connectivity index (χ3n) is 1.61. The van der Waals surface area contributed by atoms with Crippen LogP contribution in [0.1, 0.15) is 12.5 Å². The molecule has 1 N–H and O–H groups in total. The SMILES string of the molecule is CC(=Cc1ccccc1F)C(=O)O. The van der Waals surface area contributed by atoms with E-state index in [1.807, 2.05) is 0 Å². The minimum absolute atomic E-state index is 0.116. The van der Waals surface area contributed by atoms with Gasteiger partial charge in [0.15, 0.2) is 0 Å². The number of hydrogen-bond acceptors (Lipinski definition) is 1. The zero-order valence-corrected chi connectivity index (χ0v) is 7.12. The molecule has 0 amide bonds. The van der Waals surface area contributed by atoms with E-state index < -0.39 is 11.8 Å². The van der Waals surface area contributed by atoms with Crippen LogP contribution < -0.4 is 0 Å². The maximum Gasteiger partial charge on any atom is 0.331 e. The summed E-state index contributed by atoms with van der Waals surface area (Å²) >= 11 is 0. The van der Waals surface area contributed by atoms with Crippen molar-refractivity contribution in [3.63, 3.8) is 0 Å². The lowest BCUT2D eigenvalue weighted by Gasteiger charge is -1.96. The molecule has 1 aromatic carbocycles. The molecule has 0 fully saturated rings. The molecule has 3 heteroatoms. The van der Waals surface area contributed by atoms with Crippen LogP contribution in [-0.2, 0) is 4.79 Å². The molecule has 0 heterocycles. The van der Waals surface area contributed by atoms with Crippen molar-refractivity contribution in [1.29, 1.82) is 0 Å².